The quantitative estimate of drug-likeness (QED) is 0.864. The number of hydrogen-bond acceptors (Lipinski definition) is 2. The average molecular weight is 315 g/mol. The molecule has 1 aliphatic heterocycles. The zero-order chi connectivity index (χ0) is 15.0. The number of nitrogens with one attached hydrogen (secondary N) is 2. The third-order valence-corrected chi connectivity index (χ3v) is 4.37. The van der Waals surface area contributed by atoms with Crippen LogP contribution in [0.25, 0.3) is 0 Å². The molecule has 0 spiro atoms. The van der Waals surface area contributed by atoms with Crippen LogP contribution in [0.4, 0.5) is 0 Å². The second kappa shape index (κ2) is 5.84. The molecule has 0 amide bonds. The van der Waals surface area contributed by atoms with Gasteiger partial charge in [-0.15, -0.1) is 0 Å². The van der Waals surface area contributed by atoms with Gasteiger partial charge in [-0.2, -0.15) is 0 Å². The van der Waals surface area contributed by atoms with Gasteiger partial charge in [0.15, 0.2) is 0 Å². The van der Waals surface area contributed by atoms with Crippen LogP contribution in [-0.2, 0) is 6.54 Å². The summed E-state index contributed by atoms with van der Waals surface area (Å²) in [5.41, 5.74) is 1.41. The van der Waals surface area contributed by atoms with Gasteiger partial charge >= 0.3 is 0 Å². The monoisotopic (exact) mass is 314 g/mol. The van der Waals surface area contributed by atoms with Crippen molar-refractivity contribution in [3.05, 3.63) is 33.8 Å². The van der Waals surface area contributed by atoms with Gasteiger partial charge in [-0.3, -0.25) is 0 Å². The SMILES string of the molecule is CC1(C)CC(NCc2ccc(Cl)cc2Cl)CC(C)(C)N1. The molecule has 1 aromatic rings. The van der Waals surface area contributed by atoms with E-state index >= 15 is 0 Å². The van der Waals surface area contributed by atoms with Gasteiger partial charge in [0.05, 0.1) is 0 Å². The largest absolute Gasteiger partial charge is 0.310 e. The minimum Gasteiger partial charge on any atom is -0.310 e. The Kier molecular flexibility index (Phi) is 4.70. The maximum atomic E-state index is 6.22. The lowest BCUT2D eigenvalue weighted by molar-refractivity contribution is 0.145. The van der Waals surface area contributed by atoms with Crippen LogP contribution in [-0.4, -0.2) is 17.1 Å². The molecule has 4 heteroatoms. The summed E-state index contributed by atoms with van der Waals surface area (Å²) in [6, 6.07) is 6.18. The molecule has 0 bridgehead atoms. The zero-order valence-electron chi connectivity index (χ0n) is 12.7. The van der Waals surface area contributed by atoms with E-state index in [2.05, 4.69) is 38.3 Å². The minimum atomic E-state index is 0.156. The normalized spacial score (nSPS) is 21.9. The van der Waals surface area contributed by atoms with E-state index < -0.39 is 0 Å². The molecule has 1 saturated heterocycles. The summed E-state index contributed by atoms with van der Waals surface area (Å²) in [7, 11) is 0. The standard InChI is InChI=1S/C16H24Cl2N2/c1-15(2)8-13(9-16(3,4)20-15)19-10-11-5-6-12(17)7-14(11)18/h5-7,13,19-20H,8-10H2,1-4H3. The van der Waals surface area contributed by atoms with Crippen molar-refractivity contribution < 1.29 is 0 Å². The predicted molar refractivity (Wildman–Crippen MR) is 87.6 cm³/mol. The smallest absolute Gasteiger partial charge is 0.0465 e. The molecule has 20 heavy (non-hydrogen) atoms. The van der Waals surface area contributed by atoms with Crippen molar-refractivity contribution in [3.8, 4) is 0 Å². The van der Waals surface area contributed by atoms with Gasteiger partial charge in [0.25, 0.3) is 0 Å². The molecular weight excluding hydrogens is 291 g/mol. The molecule has 112 valence electrons. The molecule has 0 aromatic heterocycles. The van der Waals surface area contributed by atoms with Crippen molar-refractivity contribution in [1.29, 1.82) is 0 Å². The molecule has 0 aliphatic carbocycles. The maximum Gasteiger partial charge on any atom is 0.0465 e. The molecular formula is C16H24Cl2N2. The average Bonchev–Trinajstić information content (AvgIpc) is 2.23. The molecule has 1 fully saturated rings. The van der Waals surface area contributed by atoms with Crippen LogP contribution in [0.5, 0.6) is 0 Å². The zero-order valence-corrected chi connectivity index (χ0v) is 14.2. The van der Waals surface area contributed by atoms with E-state index in [4.69, 9.17) is 23.2 Å². The lowest BCUT2D eigenvalue weighted by Crippen LogP contribution is -2.61. The van der Waals surface area contributed by atoms with Gasteiger partial charge in [0.1, 0.15) is 0 Å². The lowest BCUT2D eigenvalue weighted by atomic mass is 9.79. The number of rotatable bonds is 3. The van der Waals surface area contributed by atoms with Crippen LogP contribution in [0, 0.1) is 0 Å². The Morgan fingerprint density at radius 3 is 2.30 bits per heavy atom. The van der Waals surface area contributed by atoms with Crippen LogP contribution in [0.3, 0.4) is 0 Å². The van der Waals surface area contributed by atoms with Crippen molar-refractivity contribution in [2.45, 2.75) is 64.2 Å². The summed E-state index contributed by atoms with van der Waals surface area (Å²) >= 11 is 12.1. The Morgan fingerprint density at radius 1 is 1.15 bits per heavy atom. The van der Waals surface area contributed by atoms with Crippen molar-refractivity contribution in [2.24, 2.45) is 0 Å². The van der Waals surface area contributed by atoms with Crippen molar-refractivity contribution >= 4 is 23.2 Å². The fourth-order valence-corrected chi connectivity index (χ4v) is 3.86. The summed E-state index contributed by atoms with van der Waals surface area (Å²) in [6.07, 6.45) is 2.23. The minimum absolute atomic E-state index is 0.156. The number of piperidine rings is 1. The van der Waals surface area contributed by atoms with E-state index in [-0.39, 0.29) is 11.1 Å². The van der Waals surface area contributed by atoms with Gasteiger partial charge < -0.3 is 10.6 Å². The fourth-order valence-electron chi connectivity index (χ4n) is 3.39. The molecule has 2 rings (SSSR count). The van der Waals surface area contributed by atoms with Crippen molar-refractivity contribution in [1.82, 2.24) is 10.6 Å². The first kappa shape index (κ1) is 16.1. The Hall–Kier alpha value is -0.280. The first-order valence-corrected chi connectivity index (χ1v) is 7.89. The molecule has 0 atom stereocenters. The molecule has 1 aromatic carbocycles. The maximum absolute atomic E-state index is 6.22. The van der Waals surface area contributed by atoms with Gasteiger partial charge in [-0.1, -0.05) is 29.3 Å². The number of hydrogen-bond donors (Lipinski definition) is 2. The first-order chi connectivity index (χ1) is 9.17. The van der Waals surface area contributed by atoms with E-state index in [0.717, 1.165) is 30.0 Å². The van der Waals surface area contributed by atoms with Crippen LogP contribution in [0.2, 0.25) is 10.0 Å². The Bertz CT molecular complexity index is 467. The van der Waals surface area contributed by atoms with E-state index in [0.29, 0.717) is 11.1 Å². The lowest BCUT2D eigenvalue weighted by Gasteiger charge is -2.46. The molecule has 0 saturated carbocycles. The third-order valence-electron chi connectivity index (χ3n) is 3.79. The summed E-state index contributed by atoms with van der Waals surface area (Å²) in [6.45, 7) is 9.83. The van der Waals surface area contributed by atoms with Crippen LogP contribution in [0.15, 0.2) is 18.2 Å². The third kappa shape index (κ3) is 4.36. The van der Waals surface area contributed by atoms with Crippen molar-refractivity contribution in [3.63, 3.8) is 0 Å². The molecule has 0 unspecified atom stereocenters. The highest BCUT2D eigenvalue weighted by molar-refractivity contribution is 6.35. The van der Waals surface area contributed by atoms with E-state index in [1.807, 2.05) is 12.1 Å². The fraction of sp³-hybridized carbons (Fsp3) is 0.625. The molecule has 2 nitrogen and oxygen atoms in total. The number of halogens is 2. The highest BCUT2D eigenvalue weighted by atomic mass is 35.5. The predicted octanol–water partition coefficient (Wildman–Crippen LogP) is 4.39. The number of benzene rings is 1. The van der Waals surface area contributed by atoms with Gasteiger partial charge in [-0.25, -0.2) is 0 Å². The van der Waals surface area contributed by atoms with Crippen LogP contribution < -0.4 is 10.6 Å². The highest BCUT2D eigenvalue weighted by Crippen LogP contribution is 2.29. The van der Waals surface area contributed by atoms with E-state index in [9.17, 15) is 0 Å². The topological polar surface area (TPSA) is 24.1 Å². The van der Waals surface area contributed by atoms with Crippen LogP contribution >= 0.6 is 23.2 Å². The Balaban J connectivity index is 2.00. The Morgan fingerprint density at radius 2 is 1.75 bits per heavy atom. The molecule has 1 aliphatic rings. The van der Waals surface area contributed by atoms with E-state index in [1.54, 1.807) is 6.07 Å². The van der Waals surface area contributed by atoms with Crippen molar-refractivity contribution in [2.75, 3.05) is 0 Å². The highest BCUT2D eigenvalue weighted by Gasteiger charge is 2.37. The second-order valence-electron chi connectivity index (χ2n) is 7.11. The molecule has 0 radical (unpaired) electrons. The van der Waals surface area contributed by atoms with Gasteiger partial charge in [0, 0.05) is 33.7 Å². The van der Waals surface area contributed by atoms with Gasteiger partial charge in [0.2, 0.25) is 0 Å². The molecule has 2 N–H and O–H groups in total. The molecule has 1 heterocycles. The van der Waals surface area contributed by atoms with E-state index in [1.165, 1.54) is 0 Å². The second-order valence-corrected chi connectivity index (χ2v) is 7.96. The summed E-state index contributed by atoms with van der Waals surface area (Å²) < 4.78 is 0. The van der Waals surface area contributed by atoms with Gasteiger partial charge in [-0.05, 0) is 58.2 Å². The van der Waals surface area contributed by atoms with Crippen LogP contribution in [0.1, 0.15) is 46.1 Å². The first-order valence-electron chi connectivity index (χ1n) is 7.14. The summed E-state index contributed by atoms with van der Waals surface area (Å²) in [4.78, 5) is 0. The Labute approximate surface area is 132 Å². The summed E-state index contributed by atoms with van der Waals surface area (Å²) in [5.74, 6) is 0. The summed E-state index contributed by atoms with van der Waals surface area (Å²) in [5, 5.41) is 8.75.